The fourth-order valence-corrected chi connectivity index (χ4v) is 1.65. The second-order valence-corrected chi connectivity index (χ2v) is 3.06. The summed E-state index contributed by atoms with van der Waals surface area (Å²) in [5, 5.41) is 17.3. The van der Waals surface area contributed by atoms with Gasteiger partial charge in [-0.15, -0.1) is 0 Å². The third-order valence-corrected chi connectivity index (χ3v) is 2.79. The minimum absolute atomic E-state index is 0.252. The fraction of sp³-hybridized carbons (Fsp3) is 0.714. The van der Waals surface area contributed by atoms with Crippen LogP contribution in [0.25, 0.3) is 0 Å². The first kappa shape index (κ1) is 8.04. The number of rotatable bonds is 2. The maximum Gasteiger partial charge on any atom is 0.321 e. The molecule has 2 N–H and O–H groups in total. The molecule has 0 aromatic rings. The average molecular weight is 158 g/mol. The van der Waals surface area contributed by atoms with Crippen molar-refractivity contribution >= 4 is 11.9 Å². The van der Waals surface area contributed by atoms with Crippen LogP contribution in [0, 0.1) is 17.3 Å². The summed E-state index contributed by atoms with van der Waals surface area (Å²) >= 11 is 0. The molecular weight excluding hydrogens is 148 g/mol. The van der Waals surface area contributed by atoms with Crippen molar-refractivity contribution in [3.05, 3.63) is 0 Å². The second-order valence-electron chi connectivity index (χ2n) is 3.06. The molecule has 62 valence electrons. The molecule has 4 nitrogen and oxygen atoms in total. The van der Waals surface area contributed by atoms with E-state index in [0.29, 0.717) is 0 Å². The summed E-state index contributed by atoms with van der Waals surface area (Å²) in [5.74, 6) is -2.94. The van der Waals surface area contributed by atoms with Gasteiger partial charge in [0.2, 0.25) is 0 Å². The van der Waals surface area contributed by atoms with Crippen molar-refractivity contribution in [3.8, 4) is 0 Å². The van der Waals surface area contributed by atoms with Gasteiger partial charge in [-0.3, -0.25) is 9.59 Å². The lowest BCUT2D eigenvalue weighted by atomic mass is 10.0. The Hall–Kier alpha value is -1.06. The highest BCUT2D eigenvalue weighted by atomic mass is 16.4. The van der Waals surface area contributed by atoms with Crippen molar-refractivity contribution in [1.82, 2.24) is 0 Å². The van der Waals surface area contributed by atoms with Gasteiger partial charge < -0.3 is 10.2 Å². The number of hydrogen-bond donors (Lipinski definition) is 2. The molecule has 0 saturated heterocycles. The molecular formula is C7H10O4. The van der Waals surface area contributed by atoms with Gasteiger partial charge in [0.1, 0.15) is 0 Å². The molecule has 0 heterocycles. The van der Waals surface area contributed by atoms with Crippen molar-refractivity contribution in [2.24, 2.45) is 17.3 Å². The lowest BCUT2D eigenvalue weighted by Crippen LogP contribution is -2.28. The van der Waals surface area contributed by atoms with Crippen molar-refractivity contribution in [2.45, 2.75) is 13.8 Å². The molecule has 0 amide bonds. The number of carboxylic acids is 2. The first-order chi connectivity index (χ1) is 4.95. The molecule has 0 aromatic heterocycles. The Labute approximate surface area is 63.8 Å². The van der Waals surface area contributed by atoms with E-state index in [1.54, 1.807) is 13.8 Å². The minimum atomic E-state index is -1.50. The Morgan fingerprint density at radius 3 is 1.36 bits per heavy atom. The standard InChI is InChI=1S/C7H10O4/c1-3-4(2)7(3,5(8)9)6(10)11/h3-4H,1-2H3,(H,8,9)(H,10,11)/t3-,4+. The predicted octanol–water partition coefficient (Wildman–Crippen LogP) is 0.428. The largest absolute Gasteiger partial charge is 0.480 e. The molecule has 1 aliphatic carbocycles. The first-order valence-electron chi connectivity index (χ1n) is 3.42. The molecule has 4 heteroatoms. The number of carbonyl (C=O) groups is 2. The third kappa shape index (κ3) is 0.692. The van der Waals surface area contributed by atoms with Crippen LogP contribution in [-0.4, -0.2) is 22.2 Å². The topological polar surface area (TPSA) is 74.6 Å². The smallest absolute Gasteiger partial charge is 0.321 e. The average Bonchev–Trinajstić information content (AvgIpc) is 2.37. The van der Waals surface area contributed by atoms with Crippen molar-refractivity contribution in [1.29, 1.82) is 0 Å². The van der Waals surface area contributed by atoms with Crippen LogP contribution in [0.15, 0.2) is 0 Å². The molecule has 0 aromatic carbocycles. The summed E-state index contributed by atoms with van der Waals surface area (Å²) in [7, 11) is 0. The molecule has 2 atom stereocenters. The first-order valence-corrected chi connectivity index (χ1v) is 3.42. The molecule has 1 saturated carbocycles. The van der Waals surface area contributed by atoms with E-state index in [1.807, 2.05) is 0 Å². The van der Waals surface area contributed by atoms with Gasteiger partial charge >= 0.3 is 11.9 Å². The van der Waals surface area contributed by atoms with E-state index in [0.717, 1.165) is 0 Å². The minimum Gasteiger partial charge on any atom is -0.480 e. The maximum absolute atomic E-state index is 10.6. The van der Waals surface area contributed by atoms with Gasteiger partial charge in [0.15, 0.2) is 5.41 Å². The molecule has 0 bridgehead atoms. The second kappa shape index (κ2) is 1.96. The fourth-order valence-electron chi connectivity index (χ4n) is 1.65. The molecule has 1 rings (SSSR count). The van der Waals surface area contributed by atoms with Crippen LogP contribution in [0.1, 0.15) is 13.8 Å². The summed E-state index contributed by atoms with van der Waals surface area (Å²) in [6.45, 7) is 3.29. The van der Waals surface area contributed by atoms with E-state index in [9.17, 15) is 9.59 Å². The highest BCUT2D eigenvalue weighted by molar-refractivity contribution is 6.02. The van der Waals surface area contributed by atoms with Crippen LogP contribution in [0.3, 0.4) is 0 Å². The van der Waals surface area contributed by atoms with Crippen molar-refractivity contribution in [2.75, 3.05) is 0 Å². The summed E-state index contributed by atoms with van der Waals surface area (Å²) < 4.78 is 0. The van der Waals surface area contributed by atoms with E-state index >= 15 is 0 Å². The van der Waals surface area contributed by atoms with Crippen LogP contribution in [0.5, 0.6) is 0 Å². The van der Waals surface area contributed by atoms with Crippen LogP contribution < -0.4 is 0 Å². The molecule has 1 aliphatic rings. The lowest BCUT2D eigenvalue weighted by Gasteiger charge is -2.03. The quantitative estimate of drug-likeness (QED) is 0.571. The van der Waals surface area contributed by atoms with E-state index < -0.39 is 17.4 Å². The Balaban J connectivity index is 2.96. The molecule has 0 radical (unpaired) electrons. The molecule has 0 unspecified atom stereocenters. The van der Waals surface area contributed by atoms with Gasteiger partial charge in [-0.25, -0.2) is 0 Å². The number of hydrogen-bond acceptors (Lipinski definition) is 2. The van der Waals surface area contributed by atoms with Gasteiger partial charge in [-0.05, 0) is 11.8 Å². The Morgan fingerprint density at radius 1 is 1.09 bits per heavy atom. The van der Waals surface area contributed by atoms with Crippen LogP contribution in [-0.2, 0) is 9.59 Å². The van der Waals surface area contributed by atoms with Crippen LogP contribution in [0.2, 0.25) is 0 Å². The molecule has 1 fully saturated rings. The van der Waals surface area contributed by atoms with E-state index in [4.69, 9.17) is 10.2 Å². The third-order valence-electron chi connectivity index (χ3n) is 2.79. The van der Waals surface area contributed by atoms with Crippen LogP contribution >= 0.6 is 0 Å². The van der Waals surface area contributed by atoms with Crippen LogP contribution in [0.4, 0.5) is 0 Å². The van der Waals surface area contributed by atoms with Crippen molar-refractivity contribution < 1.29 is 19.8 Å². The molecule has 0 aliphatic heterocycles. The van der Waals surface area contributed by atoms with Gasteiger partial charge in [-0.2, -0.15) is 0 Å². The summed E-state index contributed by atoms with van der Waals surface area (Å²) in [6, 6.07) is 0. The van der Waals surface area contributed by atoms with Crippen molar-refractivity contribution in [3.63, 3.8) is 0 Å². The van der Waals surface area contributed by atoms with Gasteiger partial charge in [-0.1, -0.05) is 13.8 Å². The van der Waals surface area contributed by atoms with E-state index in [-0.39, 0.29) is 11.8 Å². The molecule has 11 heavy (non-hydrogen) atoms. The Kier molecular flexibility index (Phi) is 1.44. The normalized spacial score (nSPS) is 32.9. The number of aliphatic carboxylic acids is 2. The zero-order chi connectivity index (χ0) is 8.81. The van der Waals surface area contributed by atoms with Gasteiger partial charge in [0, 0.05) is 0 Å². The molecule has 0 spiro atoms. The van der Waals surface area contributed by atoms with Gasteiger partial charge in [0.05, 0.1) is 0 Å². The van der Waals surface area contributed by atoms with E-state index in [2.05, 4.69) is 0 Å². The van der Waals surface area contributed by atoms with E-state index in [1.165, 1.54) is 0 Å². The highest BCUT2D eigenvalue weighted by Gasteiger charge is 2.71. The maximum atomic E-state index is 10.6. The summed E-state index contributed by atoms with van der Waals surface area (Å²) in [6.07, 6.45) is 0. The number of carboxylic acid groups (broad SMARTS) is 2. The van der Waals surface area contributed by atoms with Gasteiger partial charge in [0.25, 0.3) is 0 Å². The Morgan fingerprint density at radius 2 is 1.36 bits per heavy atom. The zero-order valence-corrected chi connectivity index (χ0v) is 6.37. The highest BCUT2D eigenvalue weighted by Crippen LogP contribution is 2.58. The monoisotopic (exact) mass is 158 g/mol. The summed E-state index contributed by atoms with van der Waals surface area (Å²) in [5.41, 5.74) is -1.50. The Bertz CT molecular complexity index is 196. The SMILES string of the molecule is C[C@@H]1[C@H](C)C1(C(=O)O)C(=O)O. The predicted molar refractivity (Wildman–Crippen MR) is 36.0 cm³/mol. The summed E-state index contributed by atoms with van der Waals surface area (Å²) in [4.78, 5) is 21.1. The lowest BCUT2D eigenvalue weighted by molar-refractivity contribution is -0.158. The zero-order valence-electron chi connectivity index (χ0n) is 6.37.